The molecule has 134 valence electrons. The molecule has 0 bridgehead atoms. The van der Waals surface area contributed by atoms with Crippen molar-refractivity contribution in [1.29, 1.82) is 0 Å². The SMILES string of the molecule is CN(c1ncc(Cl)cn1)C1CCN(C(=O)c2ccc3nsnc3c2)CC1. The lowest BCUT2D eigenvalue weighted by molar-refractivity contribution is 0.0713. The van der Waals surface area contributed by atoms with Gasteiger partial charge in [0.25, 0.3) is 5.91 Å². The van der Waals surface area contributed by atoms with Gasteiger partial charge in [0, 0.05) is 31.7 Å². The summed E-state index contributed by atoms with van der Waals surface area (Å²) in [4.78, 5) is 25.3. The monoisotopic (exact) mass is 388 g/mol. The van der Waals surface area contributed by atoms with E-state index in [1.807, 2.05) is 30.1 Å². The van der Waals surface area contributed by atoms with Crippen LogP contribution in [0.2, 0.25) is 5.02 Å². The molecule has 1 saturated heterocycles. The van der Waals surface area contributed by atoms with E-state index in [4.69, 9.17) is 11.6 Å². The Kier molecular flexibility index (Phi) is 4.69. The van der Waals surface area contributed by atoms with Crippen LogP contribution in [-0.4, -0.2) is 55.7 Å². The van der Waals surface area contributed by atoms with Crippen molar-refractivity contribution in [3.05, 3.63) is 41.2 Å². The van der Waals surface area contributed by atoms with E-state index in [0.717, 1.165) is 35.6 Å². The van der Waals surface area contributed by atoms with Crippen molar-refractivity contribution in [3.8, 4) is 0 Å². The van der Waals surface area contributed by atoms with Crippen molar-refractivity contribution in [3.63, 3.8) is 0 Å². The highest BCUT2D eigenvalue weighted by Crippen LogP contribution is 2.22. The molecule has 1 aromatic carbocycles. The quantitative estimate of drug-likeness (QED) is 0.686. The minimum absolute atomic E-state index is 0.0451. The van der Waals surface area contributed by atoms with Gasteiger partial charge >= 0.3 is 0 Å². The number of likely N-dealkylation sites (tertiary alicyclic amines) is 1. The van der Waals surface area contributed by atoms with Crippen molar-refractivity contribution < 1.29 is 4.79 Å². The summed E-state index contributed by atoms with van der Waals surface area (Å²) in [6.07, 6.45) is 4.94. The first-order valence-electron chi connectivity index (χ1n) is 8.34. The standard InChI is InChI=1S/C17H17ClN6OS/c1-23(17-19-9-12(18)10-20-17)13-4-6-24(7-5-13)16(25)11-2-3-14-15(8-11)22-26-21-14/h2-3,8-10,13H,4-7H2,1H3. The lowest BCUT2D eigenvalue weighted by atomic mass is 10.0. The third kappa shape index (κ3) is 3.34. The van der Waals surface area contributed by atoms with Crippen LogP contribution in [0.4, 0.5) is 5.95 Å². The molecule has 1 fully saturated rings. The van der Waals surface area contributed by atoms with E-state index in [2.05, 4.69) is 23.6 Å². The fraction of sp³-hybridized carbons (Fsp3) is 0.353. The van der Waals surface area contributed by atoms with Gasteiger partial charge in [0.15, 0.2) is 0 Å². The molecular formula is C17H17ClN6OS. The molecule has 0 unspecified atom stereocenters. The Morgan fingerprint density at radius 2 is 1.88 bits per heavy atom. The average Bonchev–Trinajstić information content (AvgIpc) is 3.15. The van der Waals surface area contributed by atoms with Gasteiger partial charge in [-0.2, -0.15) is 8.75 Å². The number of nitrogens with zero attached hydrogens (tertiary/aromatic N) is 6. The first-order valence-corrected chi connectivity index (χ1v) is 9.44. The maximum atomic E-state index is 12.8. The number of amides is 1. The molecule has 7 nitrogen and oxygen atoms in total. The molecule has 0 N–H and O–H groups in total. The van der Waals surface area contributed by atoms with Crippen LogP contribution in [0.3, 0.4) is 0 Å². The highest BCUT2D eigenvalue weighted by molar-refractivity contribution is 7.00. The summed E-state index contributed by atoms with van der Waals surface area (Å²) in [5.74, 6) is 0.699. The van der Waals surface area contributed by atoms with Crippen molar-refractivity contribution in [2.45, 2.75) is 18.9 Å². The number of rotatable bonds is 3. The van der Waals surface area contributed by atoms with Crippen molar-refractivity contribution >= 4 is 46.2 Å². The molecule has 26 heavy (non-hydrogen) atoms. The molecule has 1 aliphatic heterocycles. The summed E-state index contributed by atoms with van der Waals surface area (Å²) < 4.78 is 8.39. The minimum atomic E-state index is 0.0451. The van der Waals surface area contributed by atoms with Crippen LogP contribution in [0.15, 0.2) is 30.6 Å². The number of aromatic nitrogens is 4. The van der Waals surface area contributed by atoms with Gasteiger partial charge in [-0.25, -0.2) is 9.97 Å². The van der Waals surface area contributed by atoms with Gasteiger partial charge in [-0.05, 0) is 31.0 Å². The molecule has 1 amide bonds. The largest absolute Gasteiger partial charge is 0.341 e. The van der Waals surface area contributed by atoms with Gasteiger partial charge in [0.05, 0.1) is 29.1 Å². The van der Waals surface area contributed by atoms with E-state index < -0.39 is 0 Å². The number of anilines is 1. The van der Waals surface area contributed by atoms with Crippen LogP contribution < -0.4 is 4.90 Å². The molecule has 0 radical (unpaired) electrons. The summed E-state index contributed by atoms with van der Waals surface area (Å²) in [6, 6.07) is 5.79. The number of carbonyl (C=O) groups excluding carboxylic acids is 1. The maximum absolute atomic E-state index is 12.8. The highest BCUT2D eigenvalue weighted by atomic mass is 35.5. The van der Waals surface area contributed by atoms with Crippen molar-refractivity contribution in [2.24, 2.45) is 0 Å². The first kappa shape index (κ1) is 17.1. The summed E-state index contributed by atoms with van der Waals surface area (Å²) in [5.41, 5.74) is 2.27. The zero-order valence-corrected chi connectivity index (χ0v) is 15.7. The van der Waals surface area contributed by atoms with E-state index in [9.17, 15) is 4.79 Å². The molecule has 2 aromatic heterocycles. The average molecular weight is 389 g/mol. The molecule has 0 atom stereocenters. The van der Waals surface area contributed by atoms with Gasteiger partial charge in [-0.1, -0.05) is 11.6 Å². The second-order valence-electron chi connectivity index (χ2n) is 6.30. The number of fused-ring (bicyclic) bond motifs is 1. The van der Waals surface area contributed by atoms with E-state index in [1.54, 1.807) is 12.4 Å². The number of piperidine rings is 1. The number of hydrogen-bond acceptors (Lipinski definition) is 7. The predicted molar refractivity (Wildman–Crippen MR) is 102 cm³/mol. The molecular weight excluding hydrogens is 372 g/mol. The summed E-state index contributed by atoms with van der Waals surface area (Å²) in [7, 11) is 1.98. The number of halogens is 1. The van der Waals surface area contributed by atoms with Gasteiger partial charge < -0.3 is 9.80 Å². The molecule has 0 saturated carbocycles. The smallest absolute Gasteiger partial charge is 0.253 e. The third-order valence-corrected chi connectivity index (χ3v) is 5.47. The molecule has 9 heteroatoms. The lowest BCUT2D eigenvalue weighted by Crippen LogP contribution is -2.46. The fourth-order valence-electron chi connectivity index (χ4n) is 3.20. The normalized spacial score (nSPS) is 15.4. The van der Waals surface area contributed by atoms with Crippen molar-refractivity contribution in [2.75, 3.05) is 25.0 Å². The van der Waals surface area contributed by atoms with Gasteiger partial charge in [0.2, 0.25) is 5.95 Å². The second-order valence-corrected chi connectivity index (χ2v) is 7.27. The fourth-order valence-corrected chi connectivity index (χ4v) is 3.82. The zero-order valence-electron chi connectivity index (χ0n) is 14.2. The van der Waals surface area contributed by atoms with Gasteiger partial charge in [-0.15, -0.1) is 0 Å². The molecule has 0 spiro atoms. The van der Waals surface area contributed by atoms with Crippen LogP contribution in [0, 0.1) is 0 Å². The molecule has 1 aliphatic rings. The second kappa shape index (κ2) is 7.13. The summed E-state index contributed by atoms with van der Waals surface area (Å²) >= 11 is 7.01. The minimum Gasteiger partial charge on any atom is -0.341 e. The molecule has 3 heterocycles. The van der Waals surface area contributed by atoms with E-state index >= 15 is 0 Å². The Bertz CT molecular complexity index is 922. The predicted octanol–water partition coefficient (Wildman–Crippen LogP) is 2.88. The van der Waals surface area contributed by atoms with E-state index in [1.165, 1.54) is 0 Å². The first-order chi connectivity index (χ1) is 12.6. The summed E-state index contributed by atoms with van der Waals surface area (Å²) in [6.45, 7) is 1.41. The Morgan fingerprint density at radius 1 is 1.19 bits per heavy atom. The number of hydrogen-bond donors (Lipinski definition) is 0. The Morgan fingerprint density at radius 3 is 2.62 bits per heavy atom. The molecule has 0 aliphatic carbocycles. The molecule has 4 rings (SSSR count). The van der Waals surface area contributed by atoms with Crippen LogP contribution in [0.5, 0.6) is 0 Å². The summed E-state index contributed by atoms with van der Waals surface area (Å²) in [5, 5.41) is 0.523. The lowest BCUT2D eigenvalue weighted by Gasteiger charge is -2.36. The van der Waals surface area contributed by atoms with E-state index in [-0.39, 0.29) is 5.91 Å². The zero-order chi connectivity index (χ0) is 18.1. The topological polar surface area (TPSA) is 75.1 Å². The third-order valence-electron chi connectivity index (χ3n) is 4.72. The number of carbonyl (C=O) groups is 1. The maximum Gasteiger partial charge on any atom is 0.253 e. The van der Waals surface area contributed by atoms with Crippen LogP contribution in [0.1, 0.15) is 23.2 Å². The Balaban J connectivity index is 1.41. The highest BCUT2D eigenvalue weighted by Gasteiger charge is 2.27. The van der Waals surface area contributed by atoms with Crippen LogP contribution >= 0.6 is 23.3 Å². The molecule has 3 aromatic rings. The Labute approximate surface area is 160 Å². The van der Waals surface area contributed by atoms with Crippen LogP contribution in [-0.2, 0) is 0 Å². The number of benzene rings is 1. The van der Waals surface area contributed by atoms with Crippen LogP contribution in [0.25, 0.3) is 11.0 Å². The Hall–Kier alpha value is -2.32. The van der Waals surface area contributed by atoms with Gasteiger partial charge in [0.1, 0.15) is 11.0 Å². The van der Waals surface area contributed by atoms with Crippen molar-refractivity contribution in [1.82, 2.24) is 23.6 Å². The van der Waals surface area contributed by atoms with E-state index in [0.29, 0.717) is 35.7 Å². The van der Waals surface area contributed by atoms with Gasteiger partial charge in [-0.3, -0.25) is 4.79 Å².